The first kappa shape index (κ1) is 18.1. The highest BCUT2D eigenvalue weighted by atomic mass is 19.4. The normalized spacial score (nSPS) is 21.0. The van der Waals surface area contributed by atoms with Crippen LogP contribution in [0.5, 0.6) is 5.75 Å². The average molecular weight is 341 g/mol. The summed E-state index contributed by atoms with van der Waals surface area (Å²) in [5, 5.41) is 11.4. The fraction of sp³-hybridized carbons (Fsp3) is 0.500. The van der Waals surface area contributed by atoms with Gasteiger partial charge in [0.2, 0.25) is 5.91 Å². The molecular formula is C16H18F3N3O2. The average Bonchev–Trinajstić information content (AvgIpc) is 2.52. The van der Waals surface area contributed by atoms with Gasteiger partial charge in [-0.3, -0.25) is 4.79 Å². The molecule has 130 valence electrons. The van der Waals surface area contributed by atoms with Crippen molar-refractivity contribution in [2.75, 3.05) is 0 Å². The van der Waals surface area contributed by atoms with Crippen molar-refractivity contribution in [1.29, 1.82) is 5.26 Å². The molecule has 24 heavy (non-hydrogen) atoms. The lowest BCUT2D eigenvalue weighted by atomic mass is 9.86. The monoisotopic (exact) mass is 341 g/mol. The van der Waals surface area contributed by atoms with E-state index in [4.69, 9.17) is 11.0 Å². The van der Waals surface area contributed by atoms with Crippen molar-refractivity contribution in [2.24, 2.45) is 11.7 Å². The maximum atomic E-state index is 12.5. The summed E-state index contributed by atoms with van der Waals surface area (Å²) in [5.74, 6) is -0.855. The maximum absolute atomic E-state index is 12.5. The summed E-state index contributed by atoms with van der Waals surface area (Å²) in [5.41, 5.74) is 5.99. The number of hydrogen-bond acceptors (Lipinski definition) is 4. The zero-order chi connectivity index (χ0) is 17.7. The molecule has 0 bridgehead atoms. The third-order valence-corrected chi connectivity index (χ3v) is 4.02. The fourth-order valence-corrected chi connectivity index (χ4v) is 2.70. The van der Waals surface area contributed by atoms with Gasteiger partial charge in [-0.2, -0.15) is 5.26 Å². The first-order valence-electron chi connectivity index (χ1n) is 7.60. The Morgan fingerprint density at radius 1 is 1.33 bits per heavy atom. The number of halogens is 3. The lowest BCUT2D eigenvalue weighted by Gasteiger charge is -2.25. The summed E-state index contributed by atoms with van der Waals surface area (Å²) in [4.78, 5) is 12.1. The zero-order valence-corrected chi connectivity index (χ0v) is 12.9. The van der Waals surface area contributed by atoms with Crippen molar-refractivity contribution < 1.29 is 22.7 Å². The number of nitrogens with zero attached hydrogens (tertiary/aromatic N) is 1. The third-order valence-electron chi connectivity index (χ3n) is 4.02. The molecule has 1 fully saturated rings. The molecule has 3 N–H and O–H groups in total. The number of amides is 1. The van der Waals surface area contributed by atoms with Gasteiger partial charge >= 0.3 is 6.36 Å². The third kappa shape index (κ3) is 5.13. The predicted octanol–water partition coefficient (Wildman–Crippen LogP) is 2.59. The van der Waals surface area contributed by atoms with Gasteiger partial charge in [-0.05, 0) is 37.8 Å². The molecule has 0 atom stereocenters. The standard InChI is InChI=1S/C16H18F3N3O2/c17-16(18,19)24-14-7-10(8-20)1-2-12(14)9-22-15(23)11-3-5-13(21)6-4-11/h1-2,7,11,13H,3-6,9,21H2,(H,22,23)/t11-,13+. The SMILES string of the molecule is N#Cc1ccc(CNC(=O)[C@H]2CC[C@@H](N)CC2)c(OC(F)(F)F)c1. The van der Waals surface area contributed by atoms with Crippen molar-refractivity contribution in [3.63, 3.8) is 0 Å². The van der Waals surface area contributed by atoms with Crippen molar-refractivity contribution >= 4 is 5.91 Å². The lowest BCUT2D eigenvalue weighted by molar-refractivity contribution is -0.274. The molecule has 0 unspecified atom stereocenters. The highest BCUT2D eigenvalue weighted by Gasteiger charge is 2.32. The van der Waals surface area contributed by atoms with Crippen molar-refractivity contribution in [3.8, 4) is 11.8 Å². The van der Waals surface area contributed by atoms with Gasteiger partial charge in [-0.1, -0.05) is 6.07 Å². The van der Waals surface area contributed by atoms with E-state index in [-0.39, 0.29) is 35.5 Å². The maximum Gasteiger partial charge on any atom is 0.573 e. The molecule has 0 aliphatic heterocycles. The van der Waals surface area contributed by atoms with Crippen LogP contribution in [0.3, 0.4) is 0 Å². The van der Waals surface area contributed by atoms with Crippen LogP contribution in [0.2, 0.25) is 0 Å². The van der Waals surface area contributed by atoms with Gasteiger partial charge in [0.05, 0.1) is 11.6 Å². The second-order valence-corrected chi connectivity index (χ2v) is 5.81. The molecule has 1 aliphatic carbocycles. The molecule has 1 saturated carbocycles. The van der Waals surface area contributed by atoms with Gasteiger partial charge in [-0.25, -0.2) is 0 Å². The molecule has 0 heterocycles. The van der Waals surface area contributed by atoms with Crippen LogP contribution in [0.25, 0.3) is 0 Å². The van der Waals surface area contributed by atoms with Crippen LogP contribution in [0, 0.1) is 17.2 Å². The minimum Gasteiger partial charge on any atom is -0.405 e. The first-order valence-corrected chi connectivity index (χ1v) is 7.60. The number of carbonyl (C=O) groups is 1. The summed E-state index contributed by atoms with van der Waals surface area (Å²) < 4.78 is 41.4. The van der Waals surface area contributed by atoms with E-state index in [0.29, 0.717) is 12.8 Å². The first-order chi connectivity index (χ1) is 11.3. The van der Waals surface area contributed by atoms with Gasteiger partial charge in [0, 0.05) is 24.1 Å². The molecule has 0 radical (unpaired) electrons. The van der Waals surface area contributed by atoms with Crippen molar-refractivity contribution in [2.45, 2.75) is 44.6 Å². The van der Waals surface area contributed by atoms with E-state index in [1.54, 1.807) is 6.07 Å². The molecule has 0 spiro atoms. The Bertz CT molecular complexity index is 632. The molecule has 0 saturated heterocycles. The van der Waals surface area contributed by atoms with Crippen LogP contribution in [0.1, 0.15) is 36.8 Å². The van der Waals surface area contributed by atoms with Crippen molar-refractivity contribution in [1.82, 2.24) is 5.32 Å². The highest BCUT2D eigenvalue weighted by molar-refractivity contribution is 5.78. The second kappa shape index (κ2) is 7.53. The summed E-state index contributed by atoms with van der Waals surface area (Å²) in [6.07, 6.45) is -2.00. The van der Waals surface area contributed by atoms with E-state index < -0.39 is 12.1 Å². The number of nitrogens with two attached hydrogens (primary N) is 1. The Kier molecular flexibility index (Phi) is 5.67. The van der Waals surface area contributed by atoms with Crippen molar-refractivity contribution in [3.05, 3.63) is 29.3 Å². The zero-order valence-electron chi connectivity index (χ0n) is 12.9. The smallest absolute Gasteiger partial charge is 0.405 e. The Labute approximate surface area is 137 Å². The van der Waals surface area contributed by atoms with Crippen LogP contribution in [0.4, 0.5) is 13.2 Å². The number of benzene rings is 1. The lowest BCUT2D eigenvalue weighted by Crippen LogP contribution is -2.36. The van der Waals surface area contributed by atoms with Crippen LogP contribution in [-0.2, 0) is 11.3 Å². The summed E-state index contributed by atoms with van der Waals surface area (Å²) >= 11 is 0. The molecule has 8 heteroatoms. The number of carbonyl (C=O) groups excluding carboxylic acids is 1. The van der Waals surface area contributed by atoms with E-state index in [0.717, 1.165) is 18.9 Å². The molecule has 1 aliphatic rings. The van der Waals surface area contributed by atoms with E-state index in [2.05, 4.69) is 10.1 Å². The van der Waals surface area contributed by atoms with Crippen LogP contribution >= 0.6 is 0 Å². The fourth-order valence-electron chi connectivity index (χ4n) is 2.70. The molecular weight excluding hydrogens is 323 g/mol. The summed E-state index contributed by atoms with van der Waals surface area (Å²) in [6, 6.07) is 5.60. The second-order valence-electron chi connectivity index (χ2n) is 5.81. The molecule has 5 nitrogen and oxygen atoms in total. The molecule has 1 amide bonds. The van der Waals surface area contributed by atoms with Gasteiger partial charge in [0.15, 0.2) is 0 Å². The number of nitrogens with one attached hydrogen (secondary N) is 1. The minimum absolute atomic E-state index is 0.0468. The quantitative estimate of drug-likeness (QED) is 0.881. The van der Waals surface area contributed by atoms with Crippen LogP contribution < -0.4 is 15.8 Å². The van der Waals surface area contributed by atoms with Gasteiger partial charge in [-0.15, -0.1) is 13.2 Å². The number of nitriles is 1. The van der Waals surface area contributed by atoms with E-state index in [1.165, 1.54) is 12.1 Å². The number of alkyl halides is 3. The number of ether oxygens (including phenoxy) is 1. The van der Waals surface area contributed by atoms with E-state index >= 15 is 0 Å². The number of hydrogen-bond donors (Lipinski definition) is 2. The Hall–Kier alpha value is -2.27. The Balaban J connectivity index is 2.03. The Morgan fingerprint density at radius 3 is 2.58 bits per heavy atom. The minimum atomic E-state index is -4.87. The van der Waals surface area contributed by atoms with Gasteiger partial charge < -0.3 is 15.8 Å². The topological polar surface area (TPSA) is 88.1 Å². The molecule has 1 aromatic rings. The van der Waals surface area contributed by atoms with E-state index in [1.807, 2.05) is 0 Å². The molecule has 2 rings (SSSR count). The number of rotatable bonds is 4. The van der Waals surface area contributed by atoms with E-state index in [9.17, 15) is 18.0 Å². The largest absolute Gasteiger partial charge is 0.573 e. The molecule has 0 aromatic heterocycles. The molecule has 1 aromatic carbocycles. The predicted molar refractivity (Wildman–Crippen MR) is 79.6 cm³/mol. The Morgan fingerprint density at radius 2 is 2.00 bits per heavy atom. The van der Waals surface area contributed by atoms with Gasteiger partial charge in [0.25, 0.3) is 0 Å². The van der Waals surface area contributed by atoms with Crippen LogP contribution in [-0.4, -0.2) is 18.3 Å². The summed E-state index contributed by atoms with van der Waals surface area (Å²) in [6.45, 7) is -0.0987. The summed E-state index contributed by atoms with van der Waals surface area (Å²) in [7, 11) is 0. The highest BCUT2D eigenvalue weighted by Crippen LogP contribution is 2.28. The van der Waals surface area contributed by atoms with Crippen LogP contribution in [0.15, 0.2) is 18.2 Å². The van der Waals surface area contributed by atoms with Gasteiger partial charge in [0.1, 0.15) is 5.75 Å².